The highest BCUT2D eigenvalue weighted by Gasteiger charge is 2.22. The molecule has 0 aromatic heterocycles. The van der Waals surface area contributed by atoms with Gasteiger partial charge in [-0.25, -0.2) is 0 Å². The summed E-state index contributed by atoms with van der Waals surface area (Å²) in [6, 6.07) is 16.4. The van der Waals surface area contributed by atoms with Crippen LogP contribution in [0.3, 0.4) is 0 Å². The summed E-state index contributed by atoms with van der Waals surface area (Å²) in [5.74, 6) is 0.523. The fourth-order valence-electron chi connectivity index (χ4n) is 2.61. The third-order valence-electron chi connectivity index (χ3n) is 3.45. The van der Waals surface area contributed by atoms with E-state index in [1.807, 2.05) is 29.2 Å². The fraction of sp³-hybridized carbons (Fsp3) is 0.0588. The first-order chi connectivity index (χ1) is 9.18. The highest BCUT2D eigenvalue weighted by atomic mass is 15.2. The predicted octanol–water partition coefficient (Wildman–Crippen LogP) is 3.82. The molecule has 0 bridgehead atoms. The summed E-state index contributed by atoms with van der Waals surface area (Å²) in [5.41, 5.74) is 11.6. The van der Waals surface area contributed by atoms with Crippen LogP contribution in [0, 0.1) is 0 Å². The third-order valence-corrected chi connectivity index (χ3v) is 3.45. The smallest absolute Gasteiger partial charge is 0.100 e. The van der Waals surface area contributed by atoms with E-state index < -0.39 is 0 Å². The first kappa shape index (κ1) is 11.6. The lowest BCUT2D eigenvalue weighted by Gasteiger charge is -2.26. The predicted molar refractivity (Wildman–Crippen MR) is 81.1 cm³/mol. The molecule has 2 aromatic rings. The van der Waals surface area contributed by atoms with E-state index in [9.17, 15) is 0 Å². The van der Waals surface area contributed by atoms with Gasteiger partial charge in [0.15, 0.2) is 0 Å². The van der Waals surface area contributed by atoms with E-state index in [4.69, 9.17) is 5.73 Å². The summed E-state index contributed by atoms with van der Waals surface area (Å²) in [5, 5.41) is 0. The number of allylic oxidation sites excluding steroid dienone is 1. The van der Waals surface area contributed by atoms with Crippen LogP contribution in [0.1, 0.15) is 11.1 Å². The lowest BCUT2D eigenvalue weighted by Crippen LogP contribution is -2.22. The van der Waals surface area contributed by atoms with Gasteiger partial charge in [0.05, 0.1) is 11.4 Å². The summed E-state index contributed by atoms with van der Waals surface area (Å²) in [6.45, 7) is 8.13. The first-order valence-corrected chi connectivity index (χ1v) is 6.28. The summed E-state index contributed by atoms with van der Waals surface area (Å²) in [7, 11) is 0. The van der Waals surface area contributed by atoms with Crippen LogP contribution in [0.25, 0.3) is 5.57 Å². The summed E-state index contributed by atoms with van der Waals surface area (Å²) in [4.78, 5) is 2.00. The van der Waals surface area contributed by atoms with Crippen molar-refractivity contribution in [2.24, 2.45) is 5.73 Å². The minimum atomic E-state index is 0.523. The van der Waals surface area contributed by atoms with Crippen molar-refractivity contribution in [2.45, 2.75) is 6.42 Å². The van der Waals surface area contributed by atoms with E-state index in [-0.39, 0.29) is 0 Å². The maximum absolute atomic E-state index is 6.01. The minimum absolute atomic E-state index is 0.523. The molecule has 0 spiro atoms. The molecule has 0 fully saturated rings. The third kappa shape index (κ3) is 1.82. The van der Waals surface area contributed by atoms with Crippen molar-refractivity contribution in [1.29, 1.82) is 0 Å². The van der Waals surface area contributed by atoms with Gasteiger partial charge in [0.2, 0.25) is 0 Å². The van der Waals surface area contributed by atoms with Crippen molar-refractivity contribution in [2.75, 3.05) is 4.90 Å². The van der Waals surface area contributed by atoms with Gasteiger partial charge in [-0.15, -0.1) is 0 Å². The second kappa shape index (κ2) is 4.32. The maximum Gasteiger partial charge on any atom is 0.100 e. The molecule has 1 aliphatic heterocycles. The molecule has 2 N–H and O–H groups in total. The number of hydrogen-bond acceptors (Lipinski definition) is 2. The second-order valence-electron chi connectivity index (χ2n) is 4.75. The van der Waals surface area contributed by atoms with Gasteiger partial charge in [0.25, 0.3) is 0 Å². The Hall–Kier alpha value is -2.48. The average Bonchev–Trinajstić information content (AvgIpc) is 2.53. The molecule has 0 saturated carbocycles. The molecular weight excluding hydrogens is 232 g/mol. The molecule has 0 aliphatic carbocycles. The minimum Gasteiger partial charge on any atom is -0.385 e. The van der Waals surface area contributed by atoms with Crippen molar-refractivity contribution in [1.82, 2.24) is 0 Å². The number of para-hydroxylation sites is 2. The van der Waals surface area contributed by atoms with Gasteiger partial charge in [0, 0.05) is 5.56 Å². The molecule has 19 heavy (non-hydrogen) atoms. The van der Waals surface area contributed by atoms with Crippen molar-refractivity contribution in [3.63, 3.8) is 0 Å². The summed E-state index contributed by atoms with van der Waals surface area (Å²) in [6.07, 6.45) is 0.830. The van der Waals surface area contributed by atoms with E-state index in [0.29, 0.717) is 5.82 Å². The number of anilines is 2. The van der Waals surface area contributed by atoms with Crippen LogP contribution >= 0.6 is 0 Å². The first-order valence-electron chi connectivity index (χ1n) is 6.28. The number of hydrogen-bond donors (Lipinski definition) is 1. The molecule has 94 valence electrons. The van der Waals surface area contributed by atoms with E-state index in [0.717, 1.165) is 28.9 Å². The van der Waals surface area contributed by atoms with Gasteiger partial charge in [-0.2, -0.15) is 0 Å². The van der Waals surface area contributed by atoms with Crippen LogP contribution in [0.4, 0.5) is 11.4 Å². The zero-order valence-corrected chi connectivity index (χ0v) is 10.8. The van der Waals surface area contributed by atoms with Crippen LogP contribution in [0.15, 0.2) is 67.5 Å². The monoisotopic (exact) mass is 248 g/mol. The molecule has 0 saturated heterocycles. The van der Waals surface area contributed by atoms with Crippen molar-refractivity contribution < 1.29 is 0 Å². The Labute approximate surface area is 113 Å². The second-order valence-corrected chi connectivity index (χ2v) is 4.75. The Morgan fingerprint density at radius 1 is 1.00 bits per heavy atom. The normalized spacial score (nSPS) is 13.5. The van der Waals surface area contributed by atoms with Crippen LogP contribution in [0.5, 0.6) is 0 Å². The Balaban J connectivity index is 2.32. The van der Waals surface area contributed by atoms with Crippen molar-refractivity contribution >= 4 is 16.9 Å². The van der Waals surface area contributed by atoms with E-state index in [2.05, 4.69) is 37.4 Å². The van der Waals surface area contributed by atoms with Crippen molar-refractivity contribution in [3.8, 4) is 0 Å². The van der Waals surface area contributed by atoms with Crippen LogP contribution in [-0.2, 0) is 6.42 Å². The fourth-order valence-corrected chi connectivity index (χ4v) is 2.61. The van der Waals surface area contributed by atoms with Crippen molar-refractivity contribution in [3.05, 3.63) is 78.6 Å². The molecule has 2 nitrogen and oxygen atoms in total. The van der Waals surface area contributed by atoms with Gasteiger partial charge in [0.1, 0.15) is 5.82 Å². The van der Waals surface area contributed by atoms with Crippen LogP contribution < -0.4 is 10.6 Å². The summed E-state index contributed by atoms with van der Waals surface area (Å²) >= 11 is 0. The van der Waals surface area contributed by atoms with E-state index in [1.165, 1.54) is 5.56 Å². The zero-order chi connectivity index (χ0) is 13.4. The molecule has 1 heterocycles. The summed E-state index contributed by atoms with van der Waals surface area (Å²) < 4.78 is 0. The molecule has 0 unspecified atom stereocenters. The van der Waals surface area contributed by atoms with Crippen LogP contribution in [-0.4, -0.2) is 0 Å². The molecule has 1 aliphatic rings. The standard InChI is InChI=1S/C17H16N2/c1-12-11-14-7-3-5-9-16(14)19(13(2)18)17-10-6-4-8-15(12)17/h3-10H,1-2,11,18H2. The number of benzene rings is 2. The molecule has 0 radical (unpaired) electrons. The van der Waals surface area contributed by atoms with Gasteiger partial charge in [-0.1, -0.05) is 49.6 Å². The van der Waals surface area contributed by atoms with E-state index in [1.54, 1.807) is 0 Å². The Kier molecular flexibility index (Phi) is 2.64. The van der Waals surface area contributed by atoms with E-state index >= 15 is 0 Å². The quantitative estimate of drug-likeness (QED) is 0.831. The van der Waals surface area contributed by atoms with Crippen LogP contribution in [0.2, 0.25) is 0 Å². The Morgan fingerprint density at radius 2 is 1.63 bits per heavy atom. The molecule has 0 amide bonds. The SMILES string of the molecule is C=C1Cc2ccccc2N(C(=C)N)c2ccccc21. The highest BCUT2D eigenvalue weighted by Crippen LogP contribution is 2.40. The molecule has 3 rings (SSSR count). The lowest BCUT2D eigenvalue weighted by atomic mass is 10.00. The number of rotatable bonds is 1. The average molecular weight is 248 g/mol. The largest absolute Gasteiger partial charge is 0.385 e. The van der Waals surface area contributed by atoms with Gasteiger partial charge in [-0.3, -0.25) is 4.90 Å². The Morgan fingerprint density at radius 3 is 2.37 bits per heavy atom. The maximum atomic E-state index is 6.01. The molecule has 2 aromatic carbocycles. The van der Waals surface area contributed by atoms with Gasteiger partial charge in [-0.05, 0) is 29.7 Å². The number of nitrogens with two attached hydrogens (primary N) is 1. The highest BCUT2D eigenvalue weighted by molar-refractivity contribution is 5.86. The number of nitrogens with zero attached hydrogens (tertiary/aromatic N) is 1. The molecule has 0 atom stereocenters. The molecule has 2 heteroatoms. The van der Waals surface area contributed by atoms with Gasteiger partial charge >= 0.3 is 0 Å². The lowest BCUT2D eigenvalue weighted by molar-refractivity contribution is 1.12. The Bertz CT molecular complexity index is 670. The zero-order valence-electron chi connectivity index (χ0n) is 10.8. The van der Waals surface area contributed by atoms with Gasteiger partial charge < -0.3 is 5.73 Å². The molecular formula is C17H16N2. The number of fused-ring (bicyclic) bond motifs is 2. The topological polar surface area (TPSA) is 29.3 Å².